The van der Waals surface area contributed by atoms with Crippen molar-refractivity contribution in [2.75, 3.05) is 0 Å². The first-order valence-electron chi connectivity index (χ1n) is 17.0. The number of para-hydroxylation sites is 1. The minimum atomic E-state index is 0.583. The molecule has 9 aromatic rings. The number of benzene rings is 7. The zero-order chi connectivity index (χ0) is 34.0. The topological polar surface area (TPSA) is 51.8 Å². The van der Waals surface area contributed by atoms with Crippen LogP contribution >= 0.6 is 0 Å². The van der Waals surface area contributed by atoms with Crippen molar-refractivity contribution in [1.82, 2.24) is 15.0 Å². The van der Waals surface area contributed by atoms with Gasteiger partial charge in [-0.25, -0.2) is 15.0 Å². The smallest absolute Gasteiger partial charge is 0.164 e. The monoisotopic (exact) mass is 653 g/mol. The van der Waals surface area contributed by atoms with E-state index in [4.69, 9.17) is 19.4 Å². The number of nitrogens with zero attached hydrogens (tertiary/aromatic N) is 3. The molecule has 2 heterocycles. The highest BCUT2D eigenvalue weighted by molar-refractivity contribution is 6.06. The van der Waals surface area contributed by atoms with E-state index in [-0.39, 0.29) is 0 Å². The van der Waals surface area contributed by atoms with Crippen LogP contribution in [0.2, 0.25) is 0 Å². The van der Waals surface area contributed by atoms with Crippen molar-refractivity contribution < 1.29 is 4.42 Å². The molecule has 0 saturated carbocycles. The Morgan fingerprint density at radius 1 is 0.314 bits per heavy atom. The number of aromatic nitrogens is 3. The molecule has 0 atom stereocenters. The van der Waals surface area contributed by atoms with Crippen LogP contribution in [0.5, 0.6) is 0 Å². The summed E-state index contributed by atoms with van der Waals surface area (Å²) in [5.74, 6) is 1.79. The summed E-state index contributed by atoms with van der Waals surface area (Å²) in [4.78, 5) is 15.2. The highest BCUT2D eigenvalue weighted by atomic mass is 16.3. The van der Waals surface area contributed by atoms with Gasteiger partial charge < -0.3 is 4.42 Å². The van der Waals surface area contributed by atoms with Gasteiger partial charge in [0.25, 0.3) is 0 Å². The van der Waals surface area contributed by atoms with Gasteiger partial charge in [0.1, 0.15) is 11.2 Å². The molecule has 51 heavy (non-hydrogen) atoms. The molecule has 0 N–H and O–H groups in total. The summed E-state index contributed by atoms with van der Waals surface area (Å²) in [6.07, 6.45) is 0. The first-order valence-corrected chi connectivity index (χ1v) is 17.0. The lowest BCUT2D eigenvalue weighted by Crippen LogP contribution is -2.01. The van der Waals surface area contributed by atoms with Crippen molar-refractivity contribution in [3.8, 4) is 34.2 Å². The zero-order valence-corrected chi connectivity index (χ0v) is 27.6. The number of hydrogen-bond acceptors (Lipinski definition) is 4. The maximum atomic E-state index is 6.25. The van der Waals surface area contributed by atoms with E-state index in [1.54, 1.807) is 0 Å². The predicted octanol–water partition coefficient (Wildman–Crippen LogP) is 11.8. The highest BCUT2D eigenvalue weighted by Gasteiger charge is 2.19. The molecule has 2 aromatic heterocycles. The van der Waals surface area contributed by atoms with Crippen molar-refractivity contribution >= 4 is 33.1 Å². The standard InChI is InChI=1S/C47H31N3O/c1-5-16-32(17-6-1)43(33-18-7-2-8-19-33)44(34-20-9-3-10-21-34)36-24-15-25-37(30-36)46-48-45(35-22-11-4-12-23-35)49-47(50-46)38-28-29-40-39-26-13-14-27-41(39)51-42(40)31-38/h1-31H. The Morgan fingerprint density at radius 3 is 1.35 bits per heavy atom. The molecule has 0 fully saturated rings. The minimum absolute atomic E-state index is 0.583. The number of furan rings is 1. The SMILES string of the molecule is c1ccc(C(=C(c2ccccc2)c2cccc(-c3nc(-c4ccccc4)nc(-c4ccc5c(c4)oc4ccccc45)n3)c2)c2ccccc2)cc1. The molecule has 0 aliphatic rings. The largest absolute Gasteiger partial charge is 0.456 e. The Labute approximate surface area is 296 Å². The number of hydrogen-bond donors (Lipinski definition) is 0. The molecule has 0 bridgehead atoms. The van der Waals surface area contributed by atoms with Gasteiger partial charge in [-0.3, -0.25) is 0 Å². The molecule has 4 nitrogen and oxygen atoms in total. The third kappa shape index (κ3) is 5.90. The third-order valence-electron chi connectivity index (χ3n) is 9.15. The Bertz CT molecular complexity index is 2620. The van der Waals surface area contributed by atoms with Gasteiger partial charge in [-0.15, -0.1) is 0 Å². The van der Waals surface area contributed by atoms with Gasteiger partial charge in [0, 0.05) is 27.5 Å². The Balaban J connectivity index is 1.25. The minimum Gasteiger partial charge on any atom is -0.456 e. The van der Waals surface area contributed by atoms with Crippen LogP contribution in [0.4, 0.5) is 0 Å². The average molecular weight is 654 g/mol. The van der Waals surface area contributed by atoms with E-state index in [0.29, 0.717) is 17.5 Å². The Kier molecular flexibility index (Phi) is 7.80. The summed E-state index contributed by atoms with van der Waals surface area (Å²) >= 11 is 0. The molecule has 4 heteroatoms. The molecule has 9 rings (SSSR count). The van der Waals surface area contributed by atoms with Gasteiger partial charge in [-0.1, -0.05) is 164 Å². The second kappa shape index (κ2) is 13.2. The van der Waals surface area contributed by atoms with Crippen LogP contribution in [-0.2, 0) is 0 Å². The van der Waals surface area contributed by atoms with Gasteiger partial charge >= 0.3 is 0 Å². The van der Waals surface area contributed by atoms with E-state index < -0.39 is 0 Å². The number of rotatable bonds is 7. The van der Waals surface area contributed by atoms with Crippen molar-refractivity contribution in [3.63, 3.8) is 0 Å². The van der Waals surface area contributed by atoms with Crippen LogP contribution in [-0.4, -0.2) is 15.0 Å². The lowest BCUT2D eigenvalue weighted by Gasteiger charge is -2.18. The number of fused-ring (bicyclic) bond motifs is 3. The maximum absolute atomic E-state index is 6.25. The summed E-state index contributed by atoms with van der Waals surface area (Å²) in [7, 11) is 0. The third-order valence-corrected chi connectivity index (χ3v) is 9.15. The molecular formula is C47H31N3O. The molecule has 240 valence electrons. The summed E-state index contributed by atoms with van der Waals surface area (Å²) in [6.45, 7) is 0. The predicted molar refractivity (Wildman–Crippen MR) is 208 cm³/mol. The van der Waals surface area contributed by atoms with E-state index in [2.05, 4.69) is 133 Å². The van der Waals surface area contributed by atoms with Crippen LogP contribution in [0, 0.1) is 0 Å². The van der Waals surface area contributed by atoms with Crippen LogP contribution in [0.25, 0.3) is 67.2 Å². The molecule has 7 aromatic carbocycles. The van der Waals surface area contributed by atoms with Crippen molar-refractivity contribution in [2.24, 2.45) is 0 Å². The molecule has 0 aliphatic carbocycles. The van der Waals surface area contributed by atoms with Crippen molar-refractivity contribution in [1.29, 1.82) is 0 Å². The van der Waals surface area contributed by atoms with E-state index in [1.165, 1.54) is 0 Å². The van der Waals surface area contributed by atoms with Gasteiger partial charge in [-0.05, 0) is 57.7 Å². The van der Waals surface area contributed by atoms with E-state index in [9.17, 15) is 0 Å². The highest BCUT2D eigenvalue weighted by Crippen LogP contribution is 2.38. The first kappa shape index (κ1) is 30.2. The van der Waals surface area contributed by atoms with Crippen LogP contribution < -0.4 is 0 Å². The zero-order valence-electron chi connectivity index (χ0n) is 27.6. The van der Waals surface area contributed by atoms with Gasteiger partial charge in [0.15, 0.2) is 17.5 Å². The molecule has 0 saturated heterocycles. The molecule has 0 aliphatic heterocycles. The van der Waals surface area contributed by atoms with Gasteiger partial charge in [-0.2, -0.15) is 0 Å². The Hall–Kier alpha value is -6.91. The lowest BCUT2D eigenvalue weighted by atomic mass is 9.85. The van der Waals surface area contributed by atoms with Crippen LogP contribution in [0.15, 0.2) is 192 Å². The average Bonchev–Trinajstić information content (AvgIpc) is 3.59. The van der Waals surface area contributed by atoms with Crippen LogP contribution in [0.3, 0.4) is 0 Å². The molecule has 0 radical (unpaired) electrons. The van der Waals surface area contributed by atoms with Crippen molar-refractivity contribution in [3.05, 3.63) is 210 Å². The van der Waals surface area contributed by atoms with E-state index in [0.717, 1.165) is 72.0 Å². The fourth-order valence-electron chi connectivity index (χ4n) is 6.75. The van der Waals surface area contributed by atoms with Crippen LogP contribution in [0.1, 0.15) is 22.3 Å². The molecule has 0 spiro atoms. The first-order chi connectivity index (χ1) is 25.3. The van der Waals surface area contributed by atoms with Crippen molar-refractivity contribution in [2.45, 2.75) is 0 Å². The van der Waals surface area contributed by atoms with E-state index >= 15 is 0 Å². The van der Waals surface area contributed by atoms with E-state index in [1.807, 2.05) is 54.6 Å². The summed E-state index contributed by atoms with van der Waals surface area (Å²) in [5.41, 5.74) is 11.1. The Morgan fingerprint density at radius 2 is 0.745 bits per heavy atom. The van der Waals surface area contributed by atoms with Gasteiger partial charge in [0.2, 0.25) is 0 Å². The molecular weight excluding hydrogens is 623 g/mol. The summed E-state index contributed by atoms with van der Waals surface area (Å²) < 4.78 is 6.25. The van der Waals surface area contributed by atoms with Gasteiger partial charge in [0.05, 0.1) is 0 Å². The fraction of sp³-hybridized carbons (Fsp3) is 0. The second-order valence-corrected chi connectivity index (χ2v) is 12.4. The summed E-state index contributed by atoms with van der Waals surface area (Å²) in [5, 5.41) is 2.15. The second-order valence-electron chi connectivity index (χ2n) is 12.4. The molecule has 0 unspecified atom stereocenters. The molecule has 0 amide bonds. The lowest BCUT2D eigenvalue weighted by molar-refractivity contribution is 0.669. The summed E-state index contributed by atoms with van der Waals surface area (Å²) in [6, 6.07) is 64.7. The quantitative estimate of drug-likeness (QED) is 0.161. The normalized spacial score (nSPS) is 11.1. The maximum Gasteiger partial charge on any atom is 0.164 e. The fourth-order valence-corrected chi connectivity index (χ4v) is 6.75.